The van der Waals surface area contributed by atoms with Crippen LogP contribution in [0.2, 0.25) is 0 Å². The number of carbonyl (C=O) groups excluding carboxylic acids is 1. The summed E-state index contributed by atoms with van der Waals surface area (Å²) in [5.41, 5.74) is 4.94. The van der Waals surface area contributed by atoms with Crippen molar-refractivity contribution in [3.63, 3.8) is 0 Å². The predicted molar refractivity (Wildman–Crippen MR) is 114 cm³/mol. The Balaban J connectivity index is 1.32. The van der Waals surface area contributed by atoms with Gasteiger partial charge in [-0.25, -0.2) is 4.79 Å². The molecule has 1 fully saturated rings. The molecule has 2 amide bonds. The lowest BCUT2D eigenvalue weighted by molar-refractivity contribution is 0.251. The van der Waals surface area contributed by atoms with Gasteiger partial charge in [0.05, 0.1) is 0 Å². The molecule has 0 saturated carbocycles. The first kappa shape index (κ1) is 19.2. The third-order valence-electron chi connectivity index (χ3n) is 5.43. The van der Waals surface area contributed by atoms with Crippen LogP contribution in [0.25, 0.3) is 5.65 Å². The average molecular weight is 393 g/mol. The highest BCUT2D eigenvalue weighted by atomic mass is 16.2. The number of anilines is 2. The first-order chi connectivity index (χ1) is 14.1. The number of pyridine rings is 1. The number of carbonyl (C=O) groups is 1. The van der Waals surface area contributed by atoms with Crippen molar-refractivity contribution >= 4 is 23.1 Å². The van der Waals surface area contributed by atoms with Gasteiger partial charge in [0.1, 0.15) is 6.33 Å². The molecule has 1 aliphatic heterocycles. The molecule has 0 atom stereocenters. The van der Waals surface area contributed by atoms with E-state index in [1.807, 2.05) is 34.9 Å². The van der Waals surface area contributed by atoms with E-state index >= 15 is 0 Å². The molecule has 0 spiro atoms. The summed E-state index contributed by atoms with van der Waals surface area (Å²) in [6.07, 6.45) is 3.53. The second-order valence-electron chi connectivity index (χ2n) is 7.36. The number of piperazine rings is 1. The highest BCUT2D eigenvalue weighted by Gasteiger charge is 2.17. The molecule has 2 aromatic heterocycles. The summed E-state index contributed by atoms with van der Waals surface area (Å²) in [6, 6.07) is 9.72. The Bertz CT molecular complexity index is 992. The van der Waals surface area contributed by atoms with Crippen LogP contribution in [0.15, 0.2) is 42.9 Å². The first-order valence-electron chi connectivity index (χ1n) is 10.0. The second-order valence-corrected chi connectivity index (χ2v) is 7.36. The lowest BCUT2D eigenvalue weighted by atomic mass is 10.1. The molecule has 0 radical (unpaired) electrons. The van der Waals surface area contributed by atoms with Gasteiger partial charge >= 0.3 is 6.03 Å². The van der Waals surface area contributed by atoms with Gasteiger partial charge in [-0.2, -0.15) is 0 Å². The van der Waals surface area contributed by atoms with Crippen LogP contribution < -0.4 is 15.5 Å². The van der Waals surface area contributed by atoms with E-state index in [0.717, 1.165) is 49.6 Å². The van der Waals surface area contributed by atoms with Gasteiger partial charge in [0.2, 0.25) is 0 Å². The summed E-state index contributed by atoms with van der Waals surface area (Å²) >= 11 is 0. The largest absolute Gasteiger partial charge is 0.369 e. The number of fused-ring (bicyclic) bond motifs is 1. The molecule has 8 heteroatoms. The SMILES string of the molecule is CCN1CCN(c2ccc(NC(=O)NCc3ccn4cnnc4c3)cc2C)CC1. The van der Waals surface area contributed by atoms with E-state index in [9.17, 15) is 4.79 Å². The number of benzene rings is 1. The molecule has 3 heterocycles. The number of hydrogen-bond donors (Lipinski definition) is 2. The average Bonchev–Trinajstić information content (AvgIpc) is 3.20. The van der Waals surface area contributed by atoms with Crippen molar-refractivity contribution in [3.05, 3.63) is 54.0 Å². The predicted octanol–water partition coefficient (Wildman–Crippen LogP) is 2.50. The van der Waals surface area contributed by atoms with Gasteiger partial charge in [-0.3, -0.25) is 4.40 Å². The summed E-state index contributed by atoms with van der Waals surface area (Å²) in [7, 11) is 0. The number of aryl methyl sites for hydroxylation is 1. The van der Waals surface area contributed by atoms with E-state index in [1.54, 1.807) is 6.33 Å². The lowest BCUT2D eigenvalue weighted by Gasteiger charge is -2.36. The molecule has 1 aliphatic rings. The number of likely N-dealkylation sites (N-methyl/N-ethyl adjacent to an activating group) is 1. The van der Waals surface area contributed by atoms with E-state index in [0.29, 0.717) is 6.54 Å². The highest BCUT2D eigenvalue weighted by Crippen LogP contribution is 2.24. The summed E-state index contributed by atoms with van der Waals surface area (Å²) < 4.78 is 1.83. The lowest BCUT2D eigenvalue weighted by Crippen LogP contribution is -2.46. The zero-order valence-corrected chi connectivity index (χ0v) is 16.9. The Hall–Kier alpha value is -3.13. The van der Waals surface area contributed by atoms with Crippen molar-refractivity contribution in [2.45, 2.75) is 20.4 Å². The van der Waals surface area contributed by atoms with Crippen molar-refractivity contribution < 1.29 is 4.79 Å². The molecule has 0 aliphatic carbocycles. The minimum absolute atomic E-state index is 0.227. The Morgan fingerprint density at radius 1 is 1.14 bits per heavy atom. The molecule has 0 unspecified atom stereocenters. The molecule has 1 aromatic carbocycles. The fourth-order valence-electron chi connectivity index (χ4n) is 3.72. The quantitative estimate of drug-likeness (QED) is 0.696. The third-order valence-corrected chi connectivity index (χ3v) is 5.43. The van der Waals surface area contributed by atoms with Crippen molar-refractivity contribution in [1.29, 1.82) is 0 Å². The van der Waals surface area contributed by atoms with Gasteiger partial charge in [0.25, 0.3) is 0 Å². The van der Waals surface area contributed by atoms with Crippen molar-refractivity contribution in [3.8, 4) is 0 Å². The number of nitrogens with one attached hydrogen (secondary N) is 2. The fraction of sp³-hybridized carbons (Fsp3) is 0.381. The summed E-state index contributed by atoms with van der Waals surface area (Å²) in [5, 5.41) is 13.7. The van der Waals surface area contributed by atoms with Crippen molar-refractivity contribution in [2.24, 2.45) is 0 Å². The van der Waals surface area contributed by atoms with Gasteiger partial charge in [-0.05, 0) is 54.9 Å². The maximum atomic E-state index is 12.3. The van der Waals surface area contributed by atoms with E-state index in [1.165, 1.54) is 11.3 Å². The normalized spacial score (nSPS) is 14.9. The minimum Gasteiger partial charge on any atom is -0.369 e. The molecule has 4 rings (SSSR count). The summed E-state index contributed by atoms with van der Waals surface area (Å²) in [5.74, 6) is 0. The standard InChI is InChI=1S/C21H27N7O/c1-3-26-8-10-27(11-9-26)19-5-4-18(12-16(19)2)24-21(29)22-14-17-6-7-28-15-23-25-20(28)13-17/h4-7,12-13,15H,3,8-11,14H2,1-2H3,(H2,22,24,29). The van der Waals surface area contributed by atoms with Crippen LogP contribution in [0.3, 0.4) is 0 Å². The minimum atomic E-state index is -0.227. The number of hydrogen-bond acceptors (Lipinski definition) is 5. The number of nitrogens with zero attached hydrogens (tertiary/aromatic N) is 5. The van der Waals surface area contributed by atoms with Gasteiger partial charge < -0.3 is 20.4 Å². The molecule has 0 bridgehead atoms. The van der Waals surface area contributed by atoms with Crippen LogP contribution in [-0.4, -0.2) is 58.3 Å². The van der Waals surface area contributed by atoms with Crippen LogP contribution in [0.1, 0.15) is 18.1 Å². The third kappa shape index (κ3) is 4.48. The second kappa shape index (κ2) is 8.48. The Morgan fingerprint density at radius 3 is 2.72 bits per heavy atom. The van der Waals surface area contributed by atoms with Crippen molar-refractivity contribution in [1.82, 2.24) is 24.8 Å². The monoisotopic (exact) mass is 393 g/mol. The first-order valence-corrected chi connectivity index (χ1v) is 10.0. The van der Waals surface area contributed by atoms with Crippen LogP contribution in [0.5, 0.6) is 0 Å². The maximum absolute atomic E-state index is 12.3. The Kier molecular flexibility index (Phi) is 5.62. The van der Waals surface area contributed by atoms with E-state index < -0.39 is 0 Å². The molecule has 8 nitrogen and oxygen atoms in total. The van der Waals surface area contributed by atoms with Gasteiger partial charge in [-0.15, -0.1) is 10.2 Å². The zero-order valence-electron chi connectivity index (χ0n) is 16.9. The molecule has 2 N–H and O–H groups in total. The summed E-state index contributed by atoms with van der Waals surface area (Å²) in [4.78, 5) is 17.2. The molecular formula is C21H27N7O. The topological polar surface area (TPSA) is 77.8 Å². The zero-order chi connectivity index (χ0) is 20.2. The van der Waals surface area contributed by atoms with Crippen LogP contribution in [0, 0.1) is 6.92 Å². The van der Waals surface area contributed by atoms with E-state index in [4.69, 9.17) is 0 Å². The molecule has 3 aromatic rings. The fourth-order valence-corrected chi connectivity index (χ4v) is 3.72. The summed E-state index contributed by atoms with van der Waals surface area (Å²) in [6.45, 7) is 10.1. The number of amides is 2. The van der Waals surface area contributed by atoms with Gasteiger partial charge in [-0.1, -0.05) is 6.92 Å². The van der Waals surface area contributed by atoms with Crippen molar-refractivity contribution in [2.75, 3.05) is 42.9 Å². The molecule has 1 saturated heterocycles. The van der Waals surface area contributed by atoms with Crippen LogP contribution in [0.4, 0.5) is 16.2 Å². The van der Waals surface area contributed by atoms with Crippen LogP contribution >= 0.6 is 0 Å². The highest BCUT2D eigenvalue weighted by molar-refractivity contribution is 5.89. The number of rotatable bonds is 5. The number of aromatic nitrogens is 3. The smallest absolute Gasteiger partial charge is 0.319 e. The molecule has 29 heavy (non-hydrogen) atoms. The van der Waals surface area contributed by atoms with Gasteiger partial charge in [0.15, 0.2) is 5.65 Å². The van der Waals surface area contributed by atoms with E-state index in [2.05, 4.69) is 50.5 Å². The number of urea groups is 1. The van der Waals surface area contributed by atoms with E-state index in [-0.39, 0.29) is 6.03 Å². The maximum Gasteiger partial charge on any atom is 0.319 e. The Labute approximate surface area is 170 Å². The van der Waals surface area contributed by atoms with Gasteiger partial charge in [0, 0.05) is 50.3 Å². The molecular weight excluding hydrogens is 366 g/mol. The molecule has 152 valence electrons. The Morgan fingerprint density at radius 2 is 1.97 bits per heavy atom. The van der Waals surface area contributed by atoms with Crippen LogP contribution in [-0.2, 0) is 6.54 Å².